The molecule has 4 heteroatoms. The quantitative estimate of drug-likeness (QED) is 0.547. The van der Waals surface area contributed by atoms with Crippen molar-refractivity contribution >= 4 is 11.9 Å². The lowest BCUT2D eigenvalue weighted by Gasteiger charge is -1.91. The normalized spacial score (nSPS) is 9.75. The summed E-state index contributed by atoms with van der Waals surface area (Å²) in [5.74, 6) is -0.537. The number of carbonyl (C=O) groups excluding carboxylic acids is 2. The molecule has 0 amide bonds. The van der Waals surface area contributed by atoms with Crippen LogP contribution in [0.5, 0.6) is 0 Å². The first-order valence-corrected chi connectivity index (χ1v) is 5.21. The summed E-state index contributed by atoms with van der Waals surface area (Å²) in [6, 6.07) is 0. The molecule has 0 saturated carbocycles. The van der Waals surface area contributed by atoms with Gasteiger partial charge in [-0.25, -0.2) is 9.59 Å². The molecule has 0 aliphatic heterocycles. The minimum atomic E-state index is -0.269. The van der Waals surface area contributed by atoms with Gasteiger partial charge in [-0.15, -0.1) is 0 Å². The molecule has 0 aromatic carbocycles. The lowest BCUT2D eigenvalue weighted by Crippen LogP contribution is -1.98. The Morgan fingerprint density at radius 3 is 1.38 bits per heavy atom. The summed E-state index contributed by atoms with van der Waals surface area (Å²) in [5.41, 5.74) is 0. The molecule has 16 heavy (non-hydrogen) atoms. The van der Waals surface area contributed by atoms with Crippen LogP contribution in [-0.2, 0) is 19.1 Å². The van der Waals surface area contributed by atoms with Crippen LogP contribution in [-0.4, -0.2) is 25.2 Å². The van der Waals surface area contributed by atoms with Crippen molar-refractivity contribution in [1.82, 2.24) is 0 Å². The molecule has 0 N–H and O–H groups in total. The van der Waals surface area contributed by atoms with Gasteiger partial charge in [0, 0.05) is 12.2 Å². The standard InChI is InChI=1S/2C6H10O2/c2*1-3-5-6(7)8-4-2/h2*3,5H,4H2,1-2H3. The highest BCUT2D eigenvalue weighted by Gasteiger charge is 1.89. The maximum absolute atomic E-state index is 10.3. The minimum absolute atomic E-state index is 0.269. The third kappa shape index (κ3) is 14.9. The summed E-state index contributed by atoms with van der Waals surface area (Å²) in [6.07, 6.45) is 6.09. The average molecular weight is 228 g/mol. The molecule has 0 saturated heterocycles. The van der Waals surface area contributed by atoms with E-state index in [1.807, 2.05) is 0 Å². The zero-order valence-corrected chi connectivity index (χ0v) is 10.4. The Kier molecular flexibility index (Phi) is 14.1. The monoisotopic (exact) mass is 228 g/mol. The zero-order chi connectivity index (χ0) is 12.8. The minimum Gasteiger partial charge on any atom is -0.463 e. The summed E-state index contributed by atoms with van der Waals surface area (Å²) >= 11 is 0. The number of ether oxygens (including phenoxy) is 2. The van der Waals surface area contributed by atoms with Crippen LogP contribution in [0.3, 0.4) is 0 Å². The molecule has 0 bridgehead atoms. The van der Waals surface area contributed by atoms with Gasteiger partial charge in [0.1, 0.15) is 0 Å². The van der Waals surface area contributed by atoms with Gasteiger partial charge in [-0.05, 0) is 27.7 Å². The molecule has 0 spiro atoms. The van der Waals surface area contributed by atoms with E-state index in [4.69, 9.17) is 0 Å². The summed E-state index contributed by atoms with van der Waals surface area (Å²) in [5, 5.41) is 0. The number of allylic oxidation sites excluding steroid dienone is 2. The topological polar surface area (TPSA) is 52.6 Å². The van der Waals surface area contributed by atoms with E-state index in [9.17, 15) is 9.59 Å². The van der Waals surface area contributed by atoms with E-state index >= 15 is 0 Å². The summed E-state index contributed by atoms with van der Waals surface area (Å²) in [7, 11) is 0. The Morgan fingerprint density at radius 2 is 1.19 bits per heavy atom. The van der Waals surface area contributed by atoms with Gasteiger partial charge in [-0.2, -0.15) is 0 Å². The molecular formula is C12H20O4. The van der Waals surface area contributed by atoms with Gasteiger partial charge in [-0.1, -0.05) is 12.2 Å². The number of rotatable bonds is 4. The number of carbonyl (C=O) groups is 2. The number of hydrogen-bond acceptors (Lipinski definition) is 4. The van der Waals surface area contributed by atoms with Gasteiger partial charge >= 0.3 is 11.9 Å². The van der Waals surface area contributed by atoms with Crippen molar-refractivity contribution in [3.05, 3.63) is 24.3 Å². The van der Waals surface area contributed by atoms with Crippen LogP contribution >= 0.6 is 0 Å². The van der Waals surface area contributed by atoms with Crippen molar-refractivity contribution in [3.63, 3.8) is 0 Å². The molecule has 0 aliphatic rings. The lowest BCUT2D eigenvalue weighted by molar-refractivity contribution is -0.138. The Labute approximate surface area is 96.9 Å². The molecule has 0 aromatic rings. The molecule has 92 valence electrons. The van der Waals surface area contributed by atoms with Gasteiger partial charge in [0.2, 0.25) is 0 Å². The molecule has 0 radical (unpaired) electrons. The molecule has 0 aliphatic carbocycles. The van der Waals surface area contributed by atoms with Crippen LogP contribution in [0.25, 0.3) is 0 Å². The van der Waals surface area contributed by atoms with Gasteiger partial charge in [-0.3, -0.25) is 0 Å². The Balaban J connectivity index is 0. The van der Waals surface area contributed by atoms with Gasteiger partial charge in [0.25, 0.3) is 0 Å². The second-order valence-corrected chi connectivity index (χ2v) is 2.50. The van der Waals surface area contributed by atoms with E-state index in [2.05, 4.69) is 9.47 Å². The fourth-order valence-electron chi connectivity index (χ4n) is 0.653. The van der Waals surface area contributed by atoms with Crippen LogP contribution in [0, 0.1) is 0 Å². The second kappa shape index (κ2) is 13.4. The van der Waals surface area contributed by atoms with E-state index < -0.39 is 0 Å². The number of esters is 2. The van der Waals surface area contributed by atoms with Crippen molar-refractivity contribution < 1.29 is 19.1 Å². The van der Waals surface area contributed by atoms with Gasteiger partial charge in [0.05, 0.1) is 13.2 Å². The van der Waals surface area contributed by atoms with Gasteiger partial charge in [0.15, 0.2) is 0 Å². The Hall–Kier alpha value is -1.58. The van der Waals surface area contributed by atoms with E-state index in [0.717, 1.165) is 0 Å². The van der Waals surface area contributed by atoms with E-state index in [0.29, 0.717) is 13.2 Å². The smallest absolute Gasteiger partial charge is 0.330 e. The zero-order valence-electron chi connectivity index (χ0n) is 10.4. The van der Waals surface area contributed by atoms with E-state index in [-0.39, 0.29) is 11.9 Å². The van der Waals surface area contributed by atoms with E-state index in [1.54, 1.807) is 39.8 Å². The van der Waals surface area contributed by atoms with E-state index in [1.165, 1.54) is 12.2 Å². The predicted molar refractivity (Wildman–Crippen MR) is 62.9 cm³/mol. The molecular weight excluding hydrogens is 208 g/mol. The number of hydrogen-bond donors (Lipinski definition) is 0. The van der Waals surface area contributed by atoms with Crippen molar-refractivity contribution in [2.45, 2.75) is 27.7 Å². The summed E-state index contributed by atoms with van der Waals surface area (Å²) < 4.78 is 9.11. The largest absolute Gasteiger partial charge is 0.463 e. The molecule has 4 nitrogen and oxygen atoms in total. The summed E-state index contributed by atoms with van der Waals surface area (Å²) in [6.45, 7) is 8.00. The van der Waals surface area contributed by atoms with Crippen molar-refractivity contribution in [2.75, 3.05) is 13.2 Å². The van der Waals surface area contributed by atoms with Crippen molar-refractivity contribution in [3.8, 4) is 0 Å². The van der Waals surface area contributed by atoms with Gasteiger partial charge < -0.3 is 9.47 Å². The highest BCUT2D eigenvalue weighted by molar-refractivity contribution is 5.82. The third-order valence-corrected chi connectivity index (χ3v) is 1.18. The Bertz CT molecular complexity index is 215. The Morgan fingerprint density at radius 1 is 0.875 bits per heavy atom. The third-order valence-electron chi connectivity index (χ3n) is 1.18. The maximum atomic E-state index is 10.3. The first kappa shape index (κ1) is 16.8. The lowest BCUT2D eigenvalue weighted by atomic mass is 10.5. The maximum Gasteiger partial charge on any atom is 0.330 e. The van der Waals surface area contributed by atoms with Crippen LogP contribution < -0.4 is 0 Å². The molecule has 0 unspecified atom stereocenters. The highest BCUT2D eigenvalue weighted by atomic mass is 16.5. The molecule has 0 fully saturated rings. The fraction of sp³-hybridized carbons (Fsp3) is 0.500. The SMILES string of the molecule is CC=CC(=O)OCC.CC=CC(=O)OCC. The van der Waals surface area contributed by atoms with Crippen molar-refractivity contribution in [2.24, 2.45) is 0 Å². The second-order valence-electron chi connectivity index (χ2n) is 2.50. The fourth-order valence-corrected chi connectivity index (χ4v) is 0.653. The first-order valence-electron chi connectivity index (χ1n) is 5.21. The van der Waals surface area contributed by atoms with Crippen LogP contribution in [0.1, 0.15) is 27.7 Å². The predicted octanol–water partition coefficient (Wildman–Crippen LogP) is 2.25. The molecule has 0 atom stereocenters. The van der Waals surface area contributed by atoms with Crippen LogP contribution in [0.15, 0.2) is 24.3 Å². The van der Waals surface area contributed by atoms with Crippen molar-refractivity contribution in [1.29, 1.82) is 0 Å². The molecule has 0 aromatic heterocycles. The molecule has 0 rings (SSSR count). The average Bonchev–Trinajstić information content (AvgIpc) is 2.20. The molecule has 0 heterocycles. The van der Waals surface area contributed by atoms with Crippen LogP contribution in [0.4, 0.5) is 0 Å². The highest BCUT2D eigenvalue weighted by Crippen LogP contribution is 1.79. The van der Waals surface area contributed by atoms with Crippen LogP contribution in [0.2, 0.25) is 0 Å². The summed E-state index contributed by atoms with van der Waals surface area (Å²) in [4.78, 5) is 20.7. The first-order chi connectivity index (χ1) is 7.62.